The fourth-order valence-corrected chi connectivity index (χ4v) is 5.61. The van der Waals surface area contributed by atoms with Gasteiger partial charge in [0.2, 0.25) is 17.4 Å². The molecule has 3 amide bonds. The van der Waals surface area contributed by atoms with Crippen LogP contribution in [0.25, 0.3) is 0 Å². The molecule has 3 aliphatic heterocycles. The van der Waals surface area contributed by atoms with Gasteiger partial charge in [-0.3, -0.25) is 19.3 Å². The Morgan fingerprint density at radius 3 is 2.55 bits per heavy atom. The number of unbranched alkanes of at least 4 members (excludes halogenated alkanes) is 1. The first-order chi connectivity index (χ1) is 15.0. The van der Waals surface area contributed by atoms with E-state index in [1.807, 2.05) is 48.6 Å². The van der Waals surface area contributed by atoms with Crippen molar-refractivity contribution in [2.45, 2.75) is 37.8 Å². The van der Waals surface area contributed by atoms with E-state index in [4.69, 9.17) is 0 Å². The van der Waals surface area contributed by atoms with Gasteiger partial charge in [-0.05, 0) is 30.2 Å². The van der Waals surface area contributed by atoms with Crippen LogP contribution in [0.2, 0.25) is 0 Å². The molecule has 0 aromatic heterocycles. The molecule has 0 saturated carbocycles. The minimum absolute atomic E-state index is 0.169. The van der Waals surface area contributed by atoms with Gasteiger partial charge in [-0.1, -0.05) is 43.7 Å². The number of amides is 3. The van der Waals surface area contributed by atoms with Gasteiger partial charge < -0.3 is 15.7 Å². The summed E-state index contributed by atoms with van der Waals surface area (Å²) >= 11 is 0. The van der Waals surface area contributed by atoms with Crippen molar-refractivity contribution < 1.29 is 24.8 Å². The molecule has 2 saturated heterocycles. The van der Waals surface area contributed by atoms with Crippen LogP contribution in [0.1, 0.15) is 30.9 Å². The Bertz CT molecular complexity index is 1070. The number of anilines is 1. The highest BCUT2D eigenvalue weighted by Gasteiger charge is 2.73. The summed E-state index contributed by atoms with van der Waals surface area (Å²) in [6, 6.07) is 14.1. The number of hydrogen-bond acceptors (Lipinski definition) is 4. The molecule has 0 unspecified atom stereocenters. The summed E-state index contributed by atoms with van der Waals surface area (Å²) in [4.78, 5) is 41.7. The number of para-hydroxylation sites is 1. The van der Waals surface area contributed by atoms with Crippen LogP contribution >= 0.6 is 0 Å². The van der Waals surface area contributed by atoms with Gasteiger partial charge >= 0.3 is 0 Å². The zero-order valence-corrected chi connectivity index (χ0v) is 17.4. The molecule has 3 heterocycles. The van der Waals surface area contributed by atoms with Gasteiger partial charge in [0.1, 0.15) is 23.6 Å². The number of carbonyl (C=O) groups is 3. The summed E-state index contributed by atoms with van der Waals surface area (Å²) in [7, 11) is 0. The van der Waals surface area contributed by atoms with E-state index in [0.717, 1.165) is 24.0 Å². The number of imide groups is 1. The lowest BCUT2D eigenvalue weighted by molar-refractivity contribution is -0.733. The maximum absolute atomic E-state index is 13.5. The summed E-state index contributed by atoms with van der Waals surface area (Å²) in [5.74, 6) is -1.74. The molecule has 2 aromatic rings. The SMILES string of the molecule is CCCCN1C(=O)[C@@H]2[C@H](Cc3ccc(O)cc3)[NH2+][C@@]3(C(=O)Nc4ccccc43)[C@@H]2C1=O. The fourth-order valence-electron chi connectivity index (χ4n) is 5.61. The van der Waals surface area contributed by atoms with E-state index < -0.39 is 17.4 Å². The van der Waals surface area contributed by atoms with Crippen LogP contribution in [0.4, 0.5) is 5.69 Å². The van der Waals surface area contributed by atoms with Crippen molar-refractivity contribution in [3.05, 3.63) is 59.7 Å². The molecule has 0 radical (unpaired) electrons. The number of nitrogens with two attached hydrogens (primary N) is 1. The predicted molar refractivity (Wildman–Crippen MR) is 113 cm³/mol. The number of phenolic OH excluding ortho intramolecular Hbond substituents is 1. The molecule has 7 heteroatoms. The standard InChI is InChI=1S/C24H25N3O4/c1-2-3-12-27-21(29)19-18(13-14-8-10-15(28)11-9-14)26-24(20(19)22(27)30)16-6-4-5-7-17(16)25-23(24)31/h4-11,18-20,26,28H,2-3,12-13H2,1H3,(H,25,31)/p+1/t18-,19+,20-,24+/m0/s1. The molecule has 31 heavy (non-hydrogen) atoms. The van der Waals surface area contributed by atoms with E-state index >= 15 is 0 Å². The Kier molecular flexibility index (Phi) is 4.59. The lowest BCUT2D eigenvalue weighted by atomic mass is 9.76. The summed E-state index contributed by atoms with van der Waals surface area (Å²) in [5, 5.41) is 14.5. The Balaban J connectivity index is 1.59. The Labute approximate surface area is 180 Å². The maximum Gasteiger partial charge on any atom is 0.291 e. The molecule has 5 rings (SSSR count). The van der Waals surface area contributed by atoms with Crippen molar-refractivity contribution in [2.24, 2.45) is 11.8 Å². The molecule has 1 spiro atoms. The lowest BCUT2D eigenvalue weighted by Crippen LogP contribution is -2.99. The number of phenols is 1. The molecular formula is C24H26N3O4+. The third kappa shape index (κ3) is 2.80. The number of aromatic hydroxyl groups is 1. The molecule has 3 aliphatic rings. The number of carbonyl (C=O) groups excluding carboxylic acids is 3. The maximum atomic E-state index is 13.5. The normalized spacial score (nSPS) is 28.9. The van der Waals surface area contributed by atoms with Crippen LogP contribution < -0.4 is 10.6 Å². The second-order valence-corrected chi connectivity index (χ2v) is 8.75. The van der Waals surface area contributed by atoms with Crippen LogP contribution in [0, 0.1) is 11.8 Å². The predicted octanol–water partition coefficient (Wildman–Crippen LogP) is 1.13. The van der Waals surface area contributed by atoms with E-state index in [9.17, 15) is 19.5 Å². The van der Waals surface area contributed by atoms with Crippen molar-refractivity contribution in [1.29, 1.82) is 0 Å². The average molecular weight is 420 g/mol. The van der Waals surface area contributed by atoms with Crippen LogP contribution in [-0.4, -0.2) is 40.3 Å². The van der Waals surface area contributed by atoms with E-state index in [0.29, 0.717) is 18.7 Å². The average Bonchev–Trinajstić information content (AvgIpc) is 3.33. The Hall–Kier alpha value is -3.19. The molecular weight excluding hydrogens is 394 g/mol. The van der Waals surface area contributed by atoms with Gasteiger partial charge in [-0.15, -0.1) is 0 Å². The number of nitrogens with zero attached hydrogens (tertiary/aromatic N) is 1. The monoisotopic (exact) mass is 420 g/mol. The highest BCUT2D eigenvalue weighted by molar-refractivity contribution is 6.13. The highest BCUT2D eigenvalue weighted by Crippen LogP contribution is 2.49. The summed E-state index contributed by atoms with van der Waals surface area (Å²) in [6.45, 7) is 2.42. The first kappa shape index (κ1) is 19.8. The third-order valence-corrected chi connectivity index (χ3v) is 7.01. The van der Waals surface area contributed by atoms with Gasteiger partial charge in [-0.2, -0.15) is 0 Å². The second kappa shape index (κ2) is 7.20. The van der Waals surface area contributed by atoms with E-state index in [1.165, 1.54) is 4.90 Å². The first-order valence-corrected chi connectivity index (χ1v) is 10.9. The van der Waals surface area contributed by atoms with Crippen molar-refractivity contribution in [3.63, 3.8) is 0 Å². The van der Waals surface area contributed by atoms with Crippen LogP contribution in [0.5, 0.6) is 5.75 Å². The van der Waals surface area contributed by atoms with Crippen molar-refractivity contribution >= 4 is 23.4 Å². The minimum atomic E-state index is -1.13. The summed E-state index contributed by atoms with van der Waals surface area (Å²) in [5.41, 5.74) is 1.31. The van der Waals surface area contributed by atoms with Gasteiger partial charge in [0, 0.05) is 18.5 Å². The number of rotatable bonds is 5. The van der Waals surface area contributed by atoms with Crippen molar-refractivity contribution in [3.8, 4) is 5.75 Å². The quantitative estimate of drug-likeness (QED) is 0.631. The largest absolute Gasteiger partial charge is 0.508 e. The Morgan fingerprint density at radius 2 is 1.81 bits per heavy atom. The zero-order chi connectivity index (χ0) is 21.8. The lowest BCUT2D eigenvalue weighted by Gasteiger charge is -2.26. The van der Waals surface area contributed by atoms with Crippen molar-refractivity contribution in [1.82, 2.24) is 4.90 Å². The van der Waals surface area contributed by atoms with Crippen molar-refractivity contribution in [2.75, 3.05) is 11.9 Å². The topological polar surface area (TPSA) is 103 Å². The number of benzene rings is 2. The summed E-state index contributed by atoms with van der Waals surface area (Å²) in [6.07, 6.45) is 2.16. The van der Waals surface area contributed by atoms with Crippen LogP contribution in [0.15, 0.2) is 48.5 Å². The molecule has 4 atom stereocenters. The highest BCUT2D eigenvalue weighted by atomic mass is 16.3. The molecule has 0 bridgehead atoms. The molecule has 4 N–H and O–H groups in total. The minimum Gasteiger partial charge on any atom is -0.508 e. The number of quaternary nitrogens is 1. The number of nitrogens with one attached hydrogen (secondary N) is 1. The molecule has 2 fully saturated rings. The molecule has 0 aliphatic carbocycles. The zero-order valence-electron chi connectivity index (χ0n) is 17.4. The van der Waals surface area contributed by atoms with E-state index in [-0.39, 0.29) is 29.5 Å². The number of likely N-dealkylation sites (tertiary alicyclic amines) is 1. The van der Waals surface area contributed by atoms with Gasteiger partial charge in [-0.25, -0.2) is 0 Å². The number of hydrogen-bond donors (Lipinski definition) is 3. The van der Waals surface area contributed by atoms with Gasteiger partial charge in [0.15, 0.2) is 0 Å². The van der Waals surface area contributed by atoms with Crippen LogP contribution in [0.3, 0.4) is 0 Å². The third-order valence-electron chi connectivity index (χ3n) is 7.01. The molecule has 160 valence electrons. The molecule has 7 nitrogen and oxygen atoms in total. The summed E-state index contributed by atoms with van der Waals surface area (Å²) < 4.78 is 0. The number of fused-ring (bicyclic) bond motifs is 4. The van der Waals surface area contributed by atoms with E-state index in [1.54, 1.807) is 12.1 Å². The molecule has 2 aromatic carbocycles. The fraction of sp³-hybridized carbons (Fsp3) is 0.375. The second-order valence-electron chi connectivity index (χ2n) is 8.75. The van der Waals surface area contributed by atoms with E-state index in [2.05, 4.69) is 5.32 Å². The Morgan fingerprint density at radius 1 is 1.06 bits per heavy atom. The van der Waals surface area contributed by atoms with Crippen LogP contribution in [-0.2, 0) is 26.3 Å². The van der Waals surface area contributed by atoms with Gasteiger partial charge in [0.25, 0.3) is 5.91 Å². The smallest absolute Gasteiger partial charge is 0.291 e. The van der Waals surface area contributed by atoms with Gasteiger partial charge in [0.05, 0.1) is 5.69 Å². The first-order valence-electron chi connectivity index (χ1n) is 10.9.